The Morgan fingerprint density at radius 2 is 2.00 bits per heavy atom. The van der Waals surface area contributed by atoms with E-state index in [1.54, 1.807) is 23.1 Å². The van der Waals surface area contributed by atoms with E-state index in [0.29, 0.717) is 12.8 Å². The maximum absolute atomic E-state index is 12.3. The van der Waals surface area contributed by atoms with Gasteiger partial charge in [-0.05, 0) is 37.8 Å². The van der Waals surface area contributed by atoms with Crippen LogP contribution in [0, 0.1) is 5.92 Å². The molecule has 5 nitrogen and oxygen atoms in total. The lowest BCUT2D eigenvalue weighted by atomic mass is 9.93. The van der Waals surface area contributed by atoms with Crippen LogP contribution in [-0.4, -0.2) is 39.6 Å². The predicted molar refractivity (Wildman–Crippen MR) is 78.0 cm³/mol. The lowest BCUT2D eigenvalue weighted by Gasteiger charge is -2.36. The van der Waals surface area contributed by atoms with Gasteiger partial charge in [-0.3, -0.25) is 9.59 Å². The summed E-state index contributed by atoms with van der Waals surface area (Å²) >= 11 is 0. The number of phenols is 1. The molecule has 0 bridgehead atoms. The quantitative estimate of drug-likeness (QED) is 0.890. The number of amides is 1. The Hall–Kier alpha value is -2.04. The van der Waals surface area contributed by atoms with Crippen molar-refractivity contribution in [3.05, 3.63) is 29.8 Å². The maximum Gasteiger partial charge on any atom is 0.308 e. The number of carbonyl (C=O) groups is 2. The van der Waals surface area contributed by atoms with E-state index in [2.05, 4.69) is 0 Å². The Bertz CT molecular complexity index is 529. The lowest BCUT2D eigenvalue weighted by Crippen LogP contribution is -2.47. The highest BCUT2D eigenvalue weighted by atomic mass is 16.4. The molecule has 1 fully saturated rings. The van der Waals surface area contributed by atoms with Gasteiger partial charge < -0.3 is 15.1 Å². The van der Waals surface area contributed by atoms with Crippen molar-refractivity contribution in [3.8, 4) is 5.75 Å². The Morgan fingerprint density at radius 3 is 2.67 bits per heavy atom. The van der Waals surface area contributed by atoms with E-state index >= 15 is 0 Å². The number of benzene rings is 1. The van der Waals surface area contributed by atoms with E-state index in [-0.39, 0.29) is 30.7 Å². The van der Waals surface area contributed by atoms with Crippen LogP contribution in [-0.2, 0) is 16.0 Å². The van der Waals surface area contributed by atoms with Crippen LogP contribution in [0.5, 0.6) is 5.75 Å². The van der Waals surface area contributed by atoms with Gasteiger partial charge in [0.1, 0.15) is 5.75 Å². The van der Waals surface area contributed by atoms with Gasteiger partial charge in [-0.25, -0.2) is 0 Å². The van der Waals surface area contributed by atoms with E-state index in [1.807, 2.05) is 13.0 Å². The summed E-state index contributed by atoms with van der Waals surface area (Å²) in [5.41, 5.74) is 0.741. The smallest absolute Gasteiger partial charge is 0.308 e. The van der Waals surface area contributed by atoms with Crippen molar-refractivity contribution in [2.75, 3.05) is 6.54 Å². The fraction of sp³-hybridized carbons (Fsp3) is 0.500. The summed E-state index contributed by atoms with van der Waals surface area (Å²) in [6.45, 7) is 2.24. The van der Waals surface area contributed by atoms with Crippen molar-refractivity contribution >= 4 is 11.9 Å². The lowest BCUT2D eigenvalue weighted by molar-refractivity contribution is -0.147. The van der Waals surface area contributed by atoms with Gasteiger partial charge in [0.25, 0.3) is 0 Å². The number of phenolic OH excluding ortho intramolecular Hbond substituents is 1. The van der Waals surface area contributed by atoms with Crippen LogP contribution in [0.3, 0.4) is 0 Å². The molecule has 21 heavy (non-hydrogen) atoms. The summed E-state index contributed by atoms with van der Waals surface area (Å²) in [6, 6.07) is 7.04. The van der Waals surface area contributed by atoms with Crippen molar-refractivity contribution in [1.82, 2.24) is 4.90 Å². The first-order chi connectivity index (χ1) is 9.99. The first kappa shape index (κ1) is 15.4. The number of aromatic hydroxyl groups is 1. The number of nitrogens with zero attached hydrogens (tertiary/aromatic N) is 1. The second-order valence-electron chi connectivity index (χ2n) is 5.64. The third-order valence-corrected chi connectivity index (χ3v) is 4.15. The fourth-order valence-corrected chi connectivity index (χ4v) is 2.76. The average molecular weight is 291 g/mol. The van der Waals surface area contributed by atoms with Crippen LogP contribution >= 0.6 is 0 Å². The van der Waals surface area contributed by atoms with Gasteiger partial charge in [-0.1, -0.05) is 18.2 Å². The molecule has 2 atom stereocenters. The third-order valence-electron chi connectivity index (χ3n) is 4.15. The summed E-state index contributed by atoms with van der Waals surface area (Å²) in [6.07, 6.45) is 2.10. The van der Waals surface area contributed by atoms with Gasteiger partial charge in [0, 0.05) is 19.0 Å². The Morgan fingerprint density at radius 1 is 1.29 bits per heavy atom. The van der Waals surface area contributed by atoms with Crippen LogP contribution in [0.2, 0.25) is 0 Å². The molecule has 1 aliphatic rings. The molecule has 2 unspecified atom stereocenters. The van der Waals surface area contributed by atoms with Crippen molar-refractivity contribution in [3.63, 3.8) is 0 Å². The van der Waals surface area contributed by atoms with E-state index < -0.39 is 11.9 Å². The second-order valence-corrected chi connectivity index (χ2v) is 5.64. The molecule has 2 N–H and O–H groups in total. The average Bonchev–Trinajstić information content (AvgIpc) is 2.46. The highest BCUT2D eigenvalue weighted by Crippen LogP contribution is 2.24. The van der Waals surface area contributed by atoms with Crippen molar-refractivity contribution in [1.29, 1.82) is 0 Å². The molecule has 0 spiro atoms. The summed E-state index contributed by atoms with van der Waals surface area (Å²) in [5, 5.41) is 18.8. The van der Waals surface area contributed by atoms with Gasteiger partial charge in [0.15, 0.2) is 0 Å². The van der Waals surface area contributed by atoms with Gasteiger partial charge in [0.2, 0.25) is 5.91 Å². The van der Waals surface area contributed by atoms with Gasteiger partial charge in [-0.15, -0.1) is 0 Å². The molecule has 0 aromatic heterocycles. The fourth-order valence-electron chi connectivity index (χ4n) is 2.76. The maximum atomic E-state index is 12.3. The molecule has 5 heteroatoms. The Balaban J connectivity index is 1.95. The van der Waals surface area contributed by atoms with Crippen LogP contribution < -0.4 is 0 Å². The molecule has 0 radical (unpaired) electrons. The zero-order valence-electron chi connectivity index (χ0n) is 12.2. The first-order valence-corrected chi connectivity index (χ1v) is 7.28. The second kappa shape index (κ2) is 6.61. The van der Waals surface area contributed by atoms with E-state index in [0.717, 1.165) is 12.0 Å². The number of hydrogen-bond acceptors (Lipinski definition) is 3. The van der Waals surface area contributed by atoms with E-state index in [4.69, 9.17) is 5.11 Å². The number of carboxylic acid groups (broad SMARTS) is 1. The summed E-state index contributed by atoms with van der Waals surface area (Å²) in [5.74, 6) is -1.15. The summed E-state index contributed by atoms with van der Waals surface area (Å²) < 4.78 is 0. The van der Waals surface area contributed by atoms with Crippen LogP contribution in [0.25, 0.3) is 0 Å². The number of para-hydroxylation sites is 1. The van der Waals surface area contributed by atoms with Crippen molar-refractivity contribution < 1.29 is 19.8 Å². The number of piperidine rings is 1. The molecule has 1 amide bonds. The molecular formula is C16H21NO4. The zero-order chi connectivity index (χ0) is 15.4. The molecule has 1 aliphatic heterocycles. The summed E-state index contributed by atoms with van der Waals surface area (Å²) in [7, 11) is 0. The SMILES string of the molecule is CC1CCC(C(=O)O)CN1C(=O)CCc1ccccc1O. The van der Waals surface area contributed by atoms with Gasteiger partial charge >= 0.3 is 5.97 Å². The van der Waals surface area contributed by atoms with Crippen LogP contribution in [0.1, 0.15) is 31.7 Å². The Kier molecular flexibility index (Phi) is 4.83. The molecular weight excluding hydrogens is 270 g/mol. The van der Waals surface area contributed by atoms with E-state index in [9.17, 15) is 14.7 Å². The molecule has 2 rings (SSSR count). The topological polar surface area (TPSA) is 77.8 Å². The molecule has 0 aliphatic carbocycles. The van der Waals surface area contributed by atoms with Crippen LogP contribution in [0.15, 0.2) is 24.3 Å². The normalized spacial score (nSPS) is 22.0. The number of aliphatic carboxylic acids is 1. The van der Waals surface area contributed by atoms with Crippen molar-refractivity contribution in [2.45, 2.75) is 38.6 Å². The minimum Gasteiger partial charge on any atom is -0.508 e. The Labute approximate surface area is 124 Å². The predicted octanol–water partition coefficient (Wildman–Crippen LogP) is 2.04. The number of carbonyl (C=O) groups excluding carboxylic acids is 1. The summed E-state index contributed by atoms with van der Waals surface area (Å²) in [4.78, 5) is 25.1. The van der Waals surface area contributed by atoms with E-state index in [1.165, 1.54) is 0 Å². The van der Waals surface area contributed by atoms with Crippen LogP contribution in [0.4, 0.5) is 0 Å². The largest absolute Gasteiger partial charge is 0.508 e. The monoisotopic (exact) mass is 291 g/mol. The zero-order valence-corrected chi connectivity index (χ0v) is 12.2. The molecule has 114 valence electrons. The number of hydrogen-bond donors (Lipinski definition) is 2. The standard InChI is InChI=1S/C16H21NO4/c1-11-6-7-13(16(20)21)10-17(11)15(19)9-8-12-4-2-3-5-14(12)18/h2-5,11,13,18H,6-10H2,1H3,(H,20,21). The number of likely N-dealkylation sites (tertiary alicyclic amines) is 1. The van der Waals surface area contributed by atoms with Crippen molar-refractivity contribution in [2.24, 2.45) is 5.92 Å². The molecule has 1 heterocycles. The van der Waals surface area contributed by atoms with Gasteiger partial charge in [0.05, 0.1) is 5.92 Å². The minimum atomic E-state index is -0.833. The molecule has 1 saturated heterocycles. The molecule has 1 aromatic rings. The number of carboxylic acids is 1. The third kappa shape index (κ3) is 3.74. The number of aryl methyl sites for hydroxylation is 1. The number of rotatable bonds is 4. The molecule has 0 saturated carbocycles. The minimum absolute atomic E-state index is 0.0447. The molecule has 1 aromatic carbocycles. The highest BCUT2D eigenvalue weighted by Gasteiger charge is 2.32. The highest BCUT2D eigenvalue weighted by molar-refractivity contribution is 5.78. The van der Waals surface area contributed by atoms with Gasteiger partial charge in [-0.2, -0.15) is 0 Å². The first-order valence-electron chi connectivity index (χ1n) is 7.28.